The Labute approximate surface area is 143 Å². The number of carbonyl (C=O) groups excluding carboxylic acids is 1. The standard InChI is InChI=1S/C18H17F3O4/c1-23-13-8-10-14(11-9-13)24-12-4-7-17(22)25-16-6-3-2-5-15(16)18(19,20)21/h2-3,5-6,8-11H,4,7,12H2,1H3. The van der Waals surface area contributed by atoms with Crippen LogP contribution in [0.2, 0.25) is 0 Å². The van der Waals surface area contributed by atoms with E-state index in [-0.39, 0.29) is 13.0 Å². The smallest absolute Gasteiger partial charge is 0.419 e. The maximum absolute atomic E-state index is 12.8. The predicted octanol–water partition coefficient (Wildman–Crippen LogP) is 4.48. The van der Waals surface area contributed by atoms with Crippen LogP contribution in [0.1, 0.15) is 18.4 Å². The molecule has 0 amide bonds. The Balaban J connectivity index is 1.79. The van der Waals surface area contributed by atoms with Crippen LogP contribution in [0.25, 0.3) is 0 Å². The fraction of sp³-hybridized carbons (Fsp3) is 0.278. The number of benzene rings is 2. The zero-order valence-corrected chi connectivity index (χ0v) is 13.5. The van der Waals surface area contributed by atoms with Crippen molar-refractivity contribution < 1.29 is 32.2 Å². The Morgan fingerprint density at radius 1 is 1.00 bits per heavy atom. The molecule has 0 saturated heterocycles. The molecule has 4 nitrogen and oxygen atoms in total. The zero-order valence-electron chi connectivity index (χ0n) is 13.5. The molecule has 0 bridgehead atoms. The second-order valence-electron chi connectivity index (χ2n) is 5.10. The summed E-state index contributed by atoms with van der Waals surface area (Å²) in [6.07, 6.45) is -4.31. The third-order valence-electron chi connectivity index (χ3n) is 3.27. The van der Waals surface area contributed by atoms with Crippen molar-refractivity contribution in [1.29, 1.82) is 0 Å². The van der Waals surface area contributed by atoms with Crippen LogP contribution in [-0.2, 0) is 11.0 Å². The average Bonchev–Trinajstić information content (AvgIpc) is 2.59. The summed E-state index contributed by atoms with van der Waals surface area (Å²) in [7, 11) is 1.55. The summed E-state index contributed by atoms with van der Waals surface area (Å²) in [5.74, 6) is 0.0712. The van der Waals surface area contributed by atoms with Crippen molar-refractivity contribution in [2.75, 3.05) is 13.7 Å². The molecular formula is C18H17F3O4. The molecule has 7 heteroatoms. The molecule has 2 rings (SSSR count). The second-order valence-corrected chi connectivity index (χ2v) is 5.10. The van der Waals surface area contributed by atoms with E-state index in [2.05, 4.69) is 0 Å². The second kappa shape index (κ2) is 8.41. The highest BCUT2D eigenvalue weighted by atomic mass is 19.4. The Hall–Kier alpha value is -2.70. The molecule has 0 unspecified atom stereocenters. The van der Waals surface area contributed by atoms with E-state index in [1.165, 1.54) is 12.1 Å². The van der Waals surface area contributed by atoms with Crippen LogP contribution in [0.5, 0.6) is 17.2 Å². The Kier molecular flexibility index (Phi) is 6.27. The monoisotopic (exact) mass is 354 g/mol. The number of rotatable bonds is 7. The number of alkyl halides is 3. The number of methoxy groups -OCH3 is 1. The summed E-state index contributed by atoms with van der Waals surface area (Å²) < 4.78 is 53.8. The molecule has 0 atom stereocenters. The Bertz CT molecular complexity index is 696. The van der Waals surface area contributed by atoms with Crippen LogP contribution in [0.15, 0.2) is 48.5 Å². The molecule has 0 N–H and O–H groups in total. The van der Waals surface area contributed by atoms with Gasteiger partial charge in [0.2, 0.25) is 0 Å². The van der Waals surface area contributed by atoms with Crippen LogP contribution in [0, 0.1) is 0 Å². The molecule has 0 spiro atoms. The maximum Gasteiger partial charge on any atom is 0.419 e. The lowest BCUT2D eigenvalue weighted by molar-refractivity contribution is -0.142. The van der Waals surface area contributed by atoms with E-state index in [4.69, 9.17) is 14.2 Å². The summed E-state index contributed by atoms with van der Waals surface area (Å²) in [5.41, 5.74) is -0.974. The van der Waals surface area contributed by atoms with Gasteiger partial charge in [-0.1, -0.05) is 12.1 Å². The minimum Gasteiger partial charge on any atom is -0.497 e. The molecule has 0 aliphatic heterocycles. The quantitative estimate of drug-likeness (QED) is 0.418. The van der Waals surface area contributed by atoms with E-state index in [1.54, 1.807) is 31.4 Å². The van der Waals surface area contributed by atoms with Gasteiger partial charge in [0.1, 0.15) is 17.2 Å². The molecule has 0 radical (unpaired) electrons. The maximum atomic E-state index is 12.8. The van der Waals surface area contributed by atoms with Crippen molar-refractivity contribution in [2.45, 2.75) is 19.0 Å². The average molecular weight is 354 g/mol. The van der Waals surface area contributed by atoms with Crippen LogP contribution in [0.3, 0.4) is 0 Å². The van der Waals surface area contributed by atoms with E-state index in [9.17, 15) is 18.0 Å². The third-order valence-corrected chi connectivity index (χ3v) is 3.27. The first kappa shape index (κ1) is 18.6. The molecule has 0 aliphatic rings. The van der Waals surface area contributed by atoms with E-state index >= 15 is 0 Å². The van der Waals surface area contributed by atoms with Gasteiger partial charge in [-0.15, -0.1) is 0 Å². The molecule has 25 heavy (non-hydrogen) atoms. The molecular weight excluding hydrogens is 337 g/mol. The van der Waals surface area contributed by atoms with Crippen LogP contribution in [0.4, 0.5) is 13.2 Å². The minimum absolute atomic E-state index is 0.0532. The van der Waals surface area contributed by atoms with Crippen molar-refractivity contribution in [3.63, 3.8) is 0 Å². The van der Waals surface area contributed by atoms with Gasteiger partial charge in [-0.3, -0.25) is 4.79 Å². The topological polar surface area (TPSA) is 44.8 Å². The van der Waals surface area contributed by atoms with Gasteiger partial charge in [-0.25, -0.2) is 0 Å². The van der Waals surface area contributed by atoms with Crippen molar-refractivity contribution >= 4 is 5.97 Å². The molecule has 0 aliphatic carbocycles. The van der Waals surface area contributed by atoms with E-state index in [0.29, 0.717) is 17.9 Å². The lowest BCUT2D eigenvalue weighted by Crippen LogP contribution is -2.14. The highest BCUT2D eigenvalue weighted by Crippen LogP contribution is 2.36. The molecule has 0 aromatic heterocycles. The molecule has 2 aromatic carbocycles. The summed E-state index contributed by atoms with van der Waals surface area (Å²) in [4.78, 5) is 11.7. The van der Waals surface area contributed by atoms with Crippen LogP contribution in [-0.4, -0.2) is 19.7 Å². The minimum atomic E-state index is -4.58. The number of para-hydroxylation sites is 1. The lowest BCUT2D eigenvalue weighted by atomic mass is 10.2. The summed E-state index contributed by atoms with van der Waals surface area (Å²) in [5, 5.41) is 0. The predicted molar refractivity (Wildman–Crippen MR) is 84.8 cm³/mol. The molecule has 0 heterocycles. The molecule has 134 valence electrons. The molecule has 2 aromatic rings. The molecule has 0 saturated carbocycles. The summed E-state index contributed by atoms with van der Waals surface area (Å²) >= 11 is 0. The number of ether oxygens (including phenoxy) is 3. The summed E-state index contributed by atoms with van der Waals surface area (Å²) in [6.45, 7) is 0.238. The highest BCUT2D eigenvalue weighted by Gasteiger charge is 2.34. The highest BCUT2D eigenvalue weighted by molar-refractivity contribution is 5.72. The first-order chi connectivity index (χ1) is 11.9. The van der Waals surface area contributed by atoms with Crippen molar-refractivity contribution in [1.82, 2.24) is 0 Å². The number of hydrogen-bond acceptors (Lipinski definition) is 4. The first-order valence-electron chi connectivity index (χ1n) is 7.54. The lowest BCUT2D eigenvalue weighted by Gasteiger charge is -2.12. The van der Waals surface area contributed by atoms with Gasteiger partial charge in [-0.2, -0.15) is 13.2 Å². The Morgan fingerprint density at radius 2 is 1.64 bits per heavy atom. The number of carbonyl (C=O) groups is 1. The SMILES string of the molecule is COc1ccc(OCCCC(=O)Oc2ccccc2C(F)(F)F)cc1. The number of hydrogen-bond donors (Lipinski definition) is 0. The van der Waals surface area contributed by atoms with Crippen LogP contribution >= 0.6 is 0 Å². The van der Waals surface area contributed by atoms with Gasteiger partial charge in [0.15, 0.2) is 0 Å². The van der Waals surface area contributed by atoms with E-state index in [1.807, 2.05) is 0 Å². The number of halogens is 3. The van der Waals surface area contributed by atoms with E-state index in [0.717, 1.165) is 12.1 Å². The third kappa shape index (κ3) is 5.70. The Morgan fingerprint density at radius 3 is 2.28 bits per heavy atom. The summed E-state index contributed by atoms with van der Waals surface area (Å²) in [6, 6.07) is 11.5. The number of esters is 1. The fourth-order valence-corrected chi connectivity index (χ4v) is 2.04. The van der Waals surface area contributed by atoms with Crippen molar-refractivity contribution in [3.05, 3.63) is 54.1 Å². The van der Waals surface area contributed by atoms with Gasteiger partial charge in [-0.05, 0) is 42.8 Å². The van der Waals surface area contributed by atoms with Gasteiger partial charge in [0.25, 0.3) is 0 Å². The zero-order chi connectivity index (χ0) is 18.3. The van der Waals surface area contributed by atoms with Gasteiger partial charge in [0.05, 0.1) is 19.3 Å². The van der Waals surface area contributed by atoms with Gasteiger partial charge in [0, 0.05) is 6.42 Å². The fourth-order valence-electron chi connectivity index (χ4n) is 2.04. The largest absolute Gasteiger partial charge is 0.497 e. The first-order valence-corrected chi connectivity index (χ1v) is 7.54. The van der Waals surface area contributed by atoms with Crippen LogP contribution < -0.4 is 14.2 Å². The normalized spacial score (nSPS) is 11.0. The van der Waals surface area contributed by atoms with Crippen molar-refractivity contribution in [3.8, 4) is 17.2 Å². The molecule has 0 fully saturated rings. The van der Waals surface area contributed by atoms with Gasteiger partial charge >= 0.3 is 12.1 Å². The van der Waals surface area contributed by atoms with Crippen molar-refractivity contribution in [2.24, 2.45) is 0 Å². The van der Waals surface area contributed by atoms with Gasteiger partial charge < -0.3 is 14.2 Å². The van der Waals surface area contributed by atoms with E-state index < -0.39 is 23.5 Å².